The summed E-state index contributed by atoms with van der Waals surface area (Å²) in [6.45, 7) is 0.205. The monoisotopic (exact) mass is 314 g/mol. The van der Waals surface area contributed by atoms with E-state index in [0.29, 0.717) is 5.56 Å². The predicted octanol–water partition coefficient (Wildman–Crippen LogP) is 2.74. The highest BCUT2D eigenvalue weighted by molar-refractivity contribution is 7.92. The van der Waals surface area contributed by atoms with Crippen molar-refractivity contribution < 1.29 is 12.8 Å². The first kappa shape index (κ1) is 14.8. The number of sulfonamides is 1. The minimum Gasteiger partial charge on any atom is -0.326 e. The molecule has 106 valence electrons. The molecular weight excluding hydrogens is 303 g/mol. The van der Waals surface area contributed by atoms with Gasteiger partial charge in [0.2, 0.25) is 0 Å². The fourth-order valence-electron chi connectivity index (χ4n) is 1.61. The van der Waals surface area contributed by atoms with E-state index in [2.05, 4.69) is 4.72 Å². The maximum absolute atomic E-state index is 12.8. The molecule has 0 aliphatic heterocycles. The lowest BCUT2D eigenvalue weighted by molar-refractivity contribution is 0.601. The van der Waals surface area contributed by atoms with Gasteiger partial charge in [-0.1, -0.05) is 17.7 Å². The lowest BCUT2D eigenvalue weighted by Crippen LogP contribution is -2.14. The molecule has 0 aromatic heterocycles. The Morgan fingerprint density at radius 3 is 2.40 bits per heavy atom. The standard InChI is InChI=1S/C13H12ClFN2O2S/c14-12-6-1-9(8-16)7-13(12)20(18,19)17-11-4-2-10(15)3-5-11/h1-7,17H,8,16H2. The topological polar surface area (TPSA) is 72.2 Å². The molecule has 0 amide bonds. The summed E-state index contributed by atoms with van der Waals surface area (Å²) in [7, 11) is -3.85. The van der Waals surface area contributed by atoms with Gasteiger partial charge in [-0.25, -0.2) is 12.8 Å². The van der Waals surface area contributed by atoms with Crippen LogP contribution in [-0.4, -0.2) is 8.42 Å². The molecule has 0 heterocycles. The quantitative estimate of drug-likeness (QED) is 0.911. The van der Waals surface area contributed by atoms with E-state index in [1.165, 1.54) is 24.3 Å². The molecule has 2 aromatic rings. The van der Waals surface area contributed by atoms with Crippen LogP contribution in [0.4, 0.5) is 10.1 Å². The van der Waals surface area contributed by atoms with E-state index in [-0.39, 0.29) is 22.2 Å². The van der Waals surface area contributed by atoms with Gasteiger partial charge >= 0.3 is 0 Å². The maximum Gasteiger partial charge on any atom is 0.263 e. The molecular formula is C13H12ClFN2O2S. The molecule has 0 aliphatic rings. The van der Waals surface area contributed by atoms with Gasteiger partial charge in [0, 0.05) is 12.2 Å². The average Bonchev–Trinajstić information content (AvgIpc) is 2.41. The van der Waals surface area contributed by atoms with E-state index in [0.717, 1.165) is 12.1 Å². The Balaban J connectivity index is 2.37. The van der Waals surface area contributed by atoms with Crippen molar-refractivity contribution in [2.75, 3.05) is 4.72 Å². The second-order valence-electron chi connectivity index (χ2n) is 4.08. The summed E-state index contributed by atoms with van der Waals surface area (Å²) in [6, 6.07) is 9.52. The first-order chi connectivity index (χ1) is 9.42. The van der Waals surface area contributed by atoms with Gasteiger partial charge in [0.1, 0.15) is 10.7 Å². The second-order valence-corrected chi connectivity index (χ2v) is 6.14. The van der Waals surface area contributed by atoms with E-state index < -0.39 is 15.8 Å². The number of hydrogen-bond acceptors (Lipinski definition) is 3. The molecule has 4 nitrogen and oxygen atoms in total. The van der Waals surface area contributed by atoms with E-state index in [1.807, 2.05) is 0 Å². The Kier molecular flexibility index (Phi) is 4.27. The van der Waals surface area contributed by atoms with Crippen molar-refractivity contribution in [2.45, 2.75) is 11.4 Å². The summed E-state index contributed by atoms with van der Waals surface area (Å²) in [6.07, 6.45) is 0. The van der Waals surface area contributed by atoms with Crippen molar-refractivity contribution in [3.63, 3.8) is 0 Å². The van der Waals surface area contributed by atoms with Crippen LogP contribution in [0.2, 0.25) is 5.02 Å². The molecule has 0 bridgehead atoms. The van der Waals surface area contributed by atoms with Gasteiger partial charge in [-0.15, -0.1) is 0 Å². The molecule has 3 N–H and O–H groups in total. The summed E-state index contributed by atoms with van der Waals surface area (Å²) in [5.41, 5.74) is 6.38. The lowest BCUT2D eigenvalue weighted by atomic mass is 10.2. The van der Waals surface area contributed by atoms with E-state index >= 15 is 0 Å². The lowest BCUT2D eigenvalue weighted by Gasteiger charge is -2.10. The van der Waals surface area contributed by atoms with Gasteiger partial charge in [-0.2, -0.15) is 0 Å². The first-order valence-corrected chi connectivity index (χ1v) is 7.55. The van der Waals surface area contributed by atoms with Crippen LogP contribution in [0.15, 0.2) is 47.4 Å². The van der Waals surface area contributed by atoms with E-state index in [4.69, 9.17) is 17.3 Å². The normalized spacial score (nSPS) is 11.3. The summed E-state index contributed by atoms with van der Waals surface area (Å²) in [4.78, 5) is -0.0635. The molecule has 0 unspecified atom stereocenters. The third kappa shape index (κ3) is 3.27. The van der Waals surface area contributed by atoms with Crippen LogP contribution >= 0.6 is 11.6 Å². The van der Waals surface area contributed by atoms with Crippen molar-refractivity contribution >= 4 is 27.3 Å². The van der Waals surface area contributed by atoms with E-state index in [1.54, 1.807) is 6.07 Å². The molecule has 0 atom stereocenters. The summed E-state index contributed by atoms with van der Waals surface area (Å²) >= 11 is 5.91. The van der Waals surface area contributed by atoms with Crippen LogP contribution in [0.5, 0.6) is 0 Å². The number of nitrogens with two attached hydrogens (primary N) is 1. The molecule has 0 aliphatic carbocycles. The minimum atomic E-state index is -3.85. The van der Waals surface area contributed by atoms with Crippen molar-refractivity contribution in [2.24, 2.45) is 5.73 Å². The third-order valence-corrected chi connectivity index (χ3v) is 4.48. The number of rotatable bonds is 4. The predicted molar refractivity (Wildman–Crippen MR) is 76.6 cm³/mol. The van der Waals surface area contributed by atoms with Crippen LogP contribution in [0.3, 0.4) is 0 Å². The zero-order chi connectivity index (χ0) is 14.8. The van der Waals surface area contributed by atoms with Crippen molar-refractivity contribution in [3.05, 3.63) is 58.9 Å². The molecule has 7 heteroatoms. The molecule has 20 heavy (non-hydrogen) atoms. The molecule has 0 radical (unpaired) electrons. The summed E-state index contributed by atoms with van der Waals surface area (Å²) < 4.78 is 39.6. The Bertz CT molecular complexity index is 718. The van der Waals surface area contributed by atoms with Gasteiger partial charge in [0.25, 0.3) is 10.0 Å². The van der Waals surface area contributed by atoms with Gasteiger partial charge in [-0.3, -0.25) is 4.72 Å². The Morgan fingerprint density at radius 1 is 1.15 bits per heavy atom. The van der Waals surface area contributed by atoms with Crippen molar-refractivity contribution in [1.82, 2.24) is 0 Å². The number of anilines is 1. The molecule has 0 spiro atoms. The number of nitrogens with one attached hydrogen (secondary N) is 1. The zero-order valence-electron chi connectivity index (χ0n) is 10.3. The molecule has 2 rings (SSSR count). The third-order valence-electron chi connectivity index (χ3n) is 2.62. The van der Waals surface area contributed by atoms with Gasteiger partial charge in [0.15, 0.2) is 0 Å². The SMILES string of the molecule is NCc1ccc(Cl)c(S(=O)(=O)Nc2ccc(F)cc2)c1. The smallest absolute Gasteiger partial charge is 0.263 e. The molecule has 0 saturated heterocycles. The van der Waals surface area contributed by atoms with Gasteiger partial charge in [0.05, 0.1) is 5.02 Å². The number of benzene rings is 2. The Labute approximate surface area is 121 Å². The second kappa shape index (κ2) is 5.78. The van der Waals surface area contributed by atoms with Crippen LogP contribution in [0.1, 0.15) is 5.56 Å². The molecule has 2 aromatic carbocycles. The van der Waals surface area contributed by atoms with Gasteiger partial charge < -0.3 is 5.73 Å². The molecule has 0 saturated carbocycles. The minimum absolute atomic E-state index is 0.0635. The van der Waals surface area contributed by atoms with Crippen molar-refractivity contribution in [3.8, 4) is 0 Å². The number of halogens is 2. The van der Waals surface area contributed by atoms with Gasteiger partial charge in [-0.05, 0) is 42.0 Å². The molecule has 0 fully saturated rings. The summed E-state index contributed by atoms with van der Waals surface area (Å²) in [5, 5.41) is 0.0943. The highest BCUT2D eigenvalue weighted by Crippen LogP contribution is 2.25. The zero-order valence-corrected chi connectivity index (χ0v) is 11.9. The highest BCUT2D eigenvalue weighted by atomic mass is 35.5. The van der Waals surface area contributed by atoms with Crippen LogP contribution < -0.4 is 10.5 Å². The average molecular weight is 315 g/mol. The fourth-order valence-corrected chi connectivity index (χ4v) is 3.22. The fraction of sp³-hybridized carbons (Fsp3) is 0.0769. The summed E-state index contributed by atoms with van der Waals surface area (Å²) in [5.74, 6) is -0.448. The largest absolute Gasteiger partial charge is 0.326 e. The van der Waals surface area contributed by atoms with Crippen LogP contribution in [0, 0.1) is 5.82 Å². The van der Waals surface area contributed by atoms with Crippen LogP contribution in [-0.2, 0) is 16.6 Å². The van der Waals surface area contributed by atoms with Crippen molar-refractivity contribution in [1.29, 1.82) is 0 Å². The highest BCUT2D eigenvalue weighted by Gasteiger charge is 2.18. The first-order valence-electron chi connectivity index (χ1n) is 5.69. The maximum atomic E-state index is 12.8. The Hall–Kier alpha value is -1.63. The van der Waals surface area contributed by atoms with E-state index in [9.17, 15) is 12.8 Å². The Morgan fingerprint density at radius 2 is 1.80 bits per heavy atom. The number of hydrogen-bond donors (Lipinski definition) is 2. The van der Waals surface area contributed by atoms with Crippen LogP contribution in [0.25, 0.3) is 0 Å².